The van der Waals surface area contributed by atoms with Crippen molar-refractivity contribution in [2.45, 2.75) is 32.1 Å². The molecule has 0 amide bonds. The number of nitrogens with zero attached hydrogens (tertiary/aromatic N) is 2. The molecule has 0 radical (unpaired) electrons. The summed E-state index contributed by atoms with van der Waals surface area (Å²) in [5.74, 6) is 0. The van der Waals surface area contributed by atoms with E-state index in [9.17, 15) is 0 Å². The van der Waals surface area contributed by atoms with E-state index in [2.05, 4.69) is 140 Å². The summed E-state index contributed by atoms with van der Waals surface area (Å²) in [5.41, 5.74) is 15.9. The van der Waals surface area contributed by atoms with Crippen LogP contribution in [-0.2, 0) is 5.41 Å². The van der Waals surface area contributed by atoms with Crippen LogP contribution in [0.5, 0.6) is 0 Å². The van der Waals surface area contributed by atoms with Gasteiger partial charge in [-0.15, -0.1) is 0 Å². The summed E-state index contributed by atoms with van der Waals surface area (Å²) in [6.45, 7) is 4.78. The van der Waals surface area contributed by atoms with Crippen LogP contribution in [0.1, 0.15) is 43.5 Å². The monoisotopic (exact) mass is 654 g/mol. The SMILES string of the molecule is CC1(C)C2=C(CCC(c3ccccn3)=C2)c2ccc(-n3c4ccc(-c5ccc6oc7ccccc7c6c5)cc4c4c5ccccc5ccc43)cc21. The molecule has 0 saturated heterocycles. The second-order valence-corrected chi connectivity index (χ2v) is 14.7. The van der Waals surface area contributed by atoms with Crippen LogP contribution in [0.15, 0.2) is 156 Å². The van der Waals surface area contributed by atoms with Crippen molar-refractivity contribution < 1.29 is 4.42 Å². The largest absolute Gasteiger partial charge is 0.456 e. The highest BCUT2D eigenvalue weighted by molar-refractivity contribution is 6.22. The molecule has 0 unspecified atom stereocenters. The Bertz CT molecular complexity index is 2990. The van der Waals surface area contributed by atoms with E-state index in [1.54, 1.807) is 0 Å². The van der Waals surface area contributed by atoms with Crippen molar-refractivity contribution in [1.82, 2.24) is 9.55 Å². The lowest BCUT2D eigenvalue weighted by Crippen LogP contribution is -2.17. The standard InChI is InChI=1S/C48H34N2O/c1-48(2)40-27-32(42-12-7-8-24-49-42)14-19-35(40)36-20-18-33(28-41(36)48)50-43-21-16-30(26-39(43)47-34-10-4-3-9-29(34)15-22-44(47)50)31-17-23-46-38(25-31)37-11-5-6-13-45(37)51-46/h3-13,15-18,20-28H,14,19H2,1-2H3. The molecule has 0 saturated carbocycles. The number of para-hydroxylation sites is 1. The molecule has 0 bridgehead atoms. The molecule has 51 heavy (non-hydrogen) atoms. The third-order valence-electron chi connectivity index (χ3n) is 11.6. The van der Waals surface area contributed by atoms with Crippen LogP contribution >= 0.6 is 0 Å². The minimum absolute atomic E-state index is 0.115. The molecule has 0 aliphatic heterocycles. The van der Waals surface area contributed by atoms with Crippen molar-refractivity contribution in [2.24, 2.45) is 0 Å². The third-order valence-corrected chi connectivity index (χ3v) is 11.6. The maximum absolute atomic E-state index is 6.16. The molecule has 9 aromatic rings. The van der Waals surface area contributed by atoms with Gasteiger partial charge in [0.2, 0.25) is 0 Å². The molecule has 3 nitrogen and oxygen atoms in total. The molecule has 242 valence electrons. The Labute approximate surface area is 295 Å². The van der Waals surface area contributed by atoms with Crippen LogP contribution in [0, 0.1) is 0 Å². The van der Waals surface area contributed by atoms with Crippen molar-refractivity contribution in [2.75, 3.05) is 0 Å². The van der Waals surface area contributed by atoms with E-state index < -0.39 is 0 Å². The van der Waals surface area contributed by atoms with E-state index in [0.717, 1.165) is 40.5 Å². The fourth-order valence-electron chi connectivity index (χ4n) is 9.07. The molecule has 0 fully saturated rings. The van der Waals surface area contributed by atoms with Crippen LogP contribution in [0.3, 0.4) is 0 Å². The molecular weight excluding hydrogens is 621 g/mol. The van der Waals surface area contributed by atoms with Crippen LogP contribution in [0.2, 0.25) is 0 Å². The average molecular weight is 655 g/mol. The quantitative estimate of drug-likeness (QED) is 0.190. The van der Waals surface area contributed by atoms with Gasteiger partial charge in [0.05, 0.1) is 16.7 Å². The topological polar surface area (TPSA) is 31.0 Å². The van der Waals surface area contributed by atoms with Crippen molar-refractivity contribution >= 4 is 65.7 Å². The number of pyridine rings is 1. The first kappa shape index (κ1) is 28.6. The molecule has 2 aliphatic rings. The lowest BCUT2D eigenvalue weighted by Gasteiger charge is -2.26. The fourth-order valence-corrected chi connectivity index (χ4v) is 9.07. The van der Waals surface area contributed by atoms with Gasteiger partial charge in [-0.3, -0.25) is 4.98 Å². The molecule has 2 aliphatic carbocycles. The van der Waals surface area contributed by atoms with E-state index in [1.807, 2.05) is 24.4 Å². The van der Waals surface area contributed by atoms with Gasteiger partial charge in [0.1, 0.15) is 11.2 Å². The summed E-state index contributed by atoms with van der Waals surface area (Å²) >= 11 is 0. The van der Waals surface area contributed by atoms with Gasteiger partial charge in [-0.05, 0) is 123 Å². The Morgan fingerprint density at radius 1 is 0.627 bits per heavy atom. The second kappa shape index (κ2) is 10.4. The van der Waals surface area contributed by atoms with Crippen molar-refractivity contribution in [3.63, 3.8) is 0 Å². The number of benzene rings is 6. The predicted molar refractivity (Wildman–Crippen MR) is 212 cm³/mol. The Morgan fingerprint density at radius 2 is 1.39 bits per heavy atom. The predicted octanol–water partition coefficient (Wildman–Crippen LogP) is 12.8. The number of fused-ring (bicyclic) bond motifs is 10. The van der Waals surface area contributed by atoms with Gasteiger partial charge in [-0.25, -0.2) is 0 Å². The maximum Gasteiger partial charge on any atom is 0.135 e. The second-order valence-electron chi connectivity index (χ2n) is 14.7. The molecule has 3 aromatic heterocycles. The number of hydrogen-bond acceptors (Lipinski definition) is 2. The van der Waals surface area contributed by atoms with E-state index in [0.29, 0.717) is 0 Å². The van der Waals surface area contributed by atoms with Crippen molar-refractivity contribution in [1.29, 1.82) is 0 Å². The van der Waals surface area contributed by atoms with Crippen molar-refractivity contribution in [3.05, 3.63) is 168 Å². The molecule has 11 rings (SSSR count). The first-order chi connectivity index (χ1) is 25.0. The molecule has 3 heterocycles. The third kappa shape index (κ3) is 4.09. The van der Waals surface area contributed by atoms with Gasteiger partial charge < -0.3 is 8.98 Å². The van der Waals surface area contributed by atoms with Gasteiger partial charge in [-0.2, -0.15) is 0 Å². The molecule has 0 N–H and O–H groups in total. The Morgan fingerprint density at radius 3 is 2.27 bits per heavy atom. The zero-order valence-corrected chi connectivity index (χ0v) is 28.6. The minimum atomic E-state index is -0.115. The average Bonchev–Trinajstić information content (AvgIpc) is 3.80. The van der Waals surface area contributed by atoms with Gasteiger partial charge in [-0.1, -0.05) is 92.7 Å². The van der Waals surface area contributed by atoms with Crippen LogP contribution in [0.25, 0.3) is 82.5 Å². The van der Waals surface area contributed by atoms with Gasteiger partial charge in [0, 0.05) is 38.8 Å². The molecule has 0 spiro atoms. The highest BCUT2D eigenvalue weighted by Gasteiger charge is 2.38. The molecular formula is C48H34N2O. The summed E-state index contributed by atoms with van der Waals surface area (Å²) in [6.07, 6.45) is 6.38. The number of furan rings is 1. The summed E-state index contributed by atoms with van der Waals surface area (Å²) in [5, 5.41) is 7.38. The minimum Gasteiger partial charge on any atom is -0.456 e. The summed E-state index contributed by atoms with van der Waals surface area (Å²) in [6, 6.07) is 48.7. The molecule has 3 heteroatoms. The zero-order chi connectivity index (χ0) is 33.8. The number of rotatable bonds is 3. The van der Waals surface area contributed by atoms with Crippen LogP contribution in [-0.4, -0.2) is 9.55 Å². The van der Waals surface area contributed by atoms with Crippen molar-refractivity contribution in [3.8, 4) is 16.8 Å². The Kier molecular flexibility index (Phi) is 5.85. The summed E-state index contributed by atoms with van der Waals surface area (Å²) in [4.78, 5) is 4.69. The lowest BCUT2D eigenvalue weighted by molar-refractivity contribution is 0.651. The fraction of sp³-hybridized carbons (Fsp3) is 0.104. The number of hydrogen-bond donors (Lipinski definition) is 0. The number of allylic oxidation sites excluding steroid dienone is 4. The molecule has 0 atom stereocenters. The summed E-state index contributed by atoms with van der Waals surface area (Å²) in [7, 11) is 0. The lowest BCUT2D eigenvalue weighted by atomic mass is 9.78. The van der Waals surface area contributed by atoms with Crippen LogP contribution < -0.4 is 0 Å². The van der Waals surface area contributed by atoms with E-state index >= 15 is 0 Å². The first-order valence-corrected chi connectivity index (χ1v) is 17.9. The first-order valence-electron chi connectivity index (χ1n) is 17.9. The normalized spacial score (nSPS) is 15.3. The van der Waals surface area contributed by atoms with Crippen LogP contribution in [0.4, 0.5) is 0 Å². The zero-order valence-electron chi connectivity index (χ0n) is 28.6. The maximum atomic E-state index is 6.16. The summed E-state index contributed by atoms with van der Waals surface area (Å²) < 4.78 is 8.64. The Hall–Kier alpha value is -6.19. The van der Waals surface area contributed by atoms with Gasteiger partial charge in [0.25, 0.3) is 0 Å². The highest BCUT2D eigenvalue weighted by atomic mass is 16.3. The Balaban J connectivity index is 1.10. The smallest absolute Gasteiger partial charge is 0.135 e. The van der Waals surface area contributed by atoms with E-state index in [-0.39, 0.29) is 5.41 Å². The van der Waals surface area contributed by atoms with E-state index in [1.165, 1.54) is 77.2 Å². The molecule has 6 aromatic carbocycles. The van der Waals surface area contributed by atoms with E-state index in [4.69, 9.17) is 9.40 Å². The number of aromatic nitrogens is 2. The highest BCUT2D eigenvalue weighted by Crippen LogP contribution is 2.52. The van der Waals surface area contributed by atoms with Gasteiger partial charge >= 0.3 is 0 Å². The van der Waals surface area contributed by atoms with Gasteiger partial charge in [0.15, 0.2) is 0 Å².